The number of allylic oxidation sites excluding steroid dienone is 1. The average molecular weight is 354 g/mol. The van der Waals surface area contributed by atoms with Gasteiger partial charge < -0.3 is 9.84 Å². The molecule has 0 aromatic heterocycles. The number of carbonyl (C=O) groups is 2. The smallest absolute Gasteiger partial charge is 0.302 e. The number of rotatable bonds is 2. The van der Waals surface area contributed by atoms with Crippen molar-refractivity contribution in [1.82, 2.24) is 0 Å². The van der Waals surface area contributed by atoms with Crippen LogP contribution in [0.5, 0.6) is 5.75 Å². The van der Waals surface area contributed by atoms with Crippen molar-refractivity contribution in [2.45, 2.75) is 52.9 Å². The third-order valence-corrected chi connectivity index (χ3v) is 6.93. The van der Waals surface area contributed by atoms with Gasteiger partial charge in [-0.15, -0.1) is 0 Å². The number of ketones is 1. The summed E-state index contributed by atoms with van der Waals surface area (Å²) < 4.78 is 5.35. The highest BCUT2D eigenvalue weighted by molar-refractivity contribution is 6.07. The summed E-state index contributed by atoms with van der Waals surface area (Å²) in [5.41, 5.74) is 5.26. The van der Waals surface area contributed by atoms with Gasteiger partial charge in [0.05, 0.1) is 6.61 Å². The average Bonchev–Trinajstić information content (AvgIpc) is 3.10. The number of benzene rings is 1. The normalized spacial score (nSPS) is 31.8. The largest absolute Gasteiger partial charge is 0.507 e. The van der Waals surface area contributed by atoms with Crippen molar-refractivity contribution in [1.29, 1.82) is 0 Å². The van der Waals surface area contributed by atoms with Crippen molar-refractivity contribution >= 4 is 17.3 Å². The first kappa shape index (κ1) is 17.3. The van der Waals surface area contributed by atoms with E-state index in [1.54, 1.807) is 0 Å². The molecule has 4 heteroatoms. The predicted octanol–water partition coefficient (Wildman–Crippen LogP) is 4.17. The van der Waals surface area contributed by atoms with Gasteiger partial charge in [0.25, 0.3) is 0 Å². The Labute approximate surface area is 154 Å². The van der Waals surface area contributed by atoms with Crippen LogP contribution in [0.1, 0.15) is 72.1 Å². The molecule has 1 saturated carbocycles. The summed E-state index contributed by atoms with van der Waals surface area (Å²) in [6.07, 6.45) is 2.40. The molecule has 4 atom stereocenters. The van der Waals surface area contributed by atoms with E-state index in [2.05, 4.69) is 13.5 Å². The topological polar surface area (TPSA) is 63.6 Å². The van der Waals surface area contributed by atoms with Crippen molar-refractivity contribution in [2.75, 3.05) is 6.61 Å². The summed E-state index contributed by atoms with van der Waals surface area (Å²) in [5.74, 6) is 0.594. The van der Waals surface area contributed by atoms with Crippen LogP contribution in [0, 0.1) is 24.2 Å². The number of carbonyl (C=O) groups excluding carboxylic acids is 2. The minimum absolute atomic E-state index is 0.0970. The molecule has 138 valence electrons. The Hall–Kier alpha value is -2.10. The van der Waals surface area contributed by atoms with E-state index in [-0.39, 0.29) is 34.8 Å². The lowest BCUT2D eigenvalue weighted by Gasteiger charge is -2.22. The van der Waals surface area contributed by atoms with Crippen LogP contribution < -0.4 is 0 Å². The zero-order valence-corrected chi connectivity index (χ0v) is 15.9. The minimum Gasteiger partial charge on any atom is -0.507 e. The zero-order chi connectivity index (χ0) is 19.0. The molecule has 0 saturated heterocycles. The number of esters is 1. The number of phenols is 1. The van der Waals surface area contributed by atoms with E-state index in [0.717, 1.165) is 40.7 Å². The Morgan fingerprint density at radius 1 is 1.38 bits per heavy atom. The van der Waals surface area contributed by atoms with Gasteiger partial charge in [-0.25, -0.2) is 0 Å². The molecule has 1 fully saturated rings. The quantitative estimate of drug-likeness (QED) is 0.810. The van der Waals surface area contributed by atoms with Crippen LogP contribution in [-0.2, 0) is 16.0 Å². The Bertz CT molecular complexity index is 866. The van der Waals surface area contributed by atoms with Gasteiger partial charge >= 0.3 is 5.97 Å². The number of phenolic OH excluding ortho intramolecular Hbond substituents is 1. The maximum atomic E-state index is 12.9. The molecular weight excluding hydrogens is 328 g/mol. The molecule has 1 aromatic rings. The van der Waals surface area contributed by atoms with Crippen LogP contribution in [0.25, 0.3) is 5.57 Å². The standard InChI is InChI=1S/C22H26O4/c1-10-6-7-15-19(22(15,5)9-26-13(4)23)17-12(3)21(25)14-8-11(2)20(24)18(14)16(10)17/h11,15,19,25H,1,6-9H2,2-5H3/t11-,15+,19+,22+/m1/s1. The Balaban J connectivity index is 1.90. The fraction of sp³-hybridized carbons (Fsp3) is 0.545. The van der Waals surface area contributed by atoms with Crippen molar-refractivity contribution in [2.24, 2.45) is 17.3 Å². The SMILES string of the molecule is C=C1CC[C@H]2[C@@H](c3c(C)c(O)c4c(c31)C(=O)[C@H](C)C4)[C@@]2(C)COC(C)=O. The van der Waals surface area contributed by atoms with E-state index in [0.29, 0.717) is 24.5 Å². The summed E-state index contributed by atoms with van der Waals surface area (Å²) in [7, 11) is 0. The lowest BCUT2D eigenvalue weighted by atomic mass is 9.83. The number of hydrogen-bond donors (Lipinski definition) is 1. The van der Waals surface area contributed by atoms with E-state index < -0.39 is 0 Å². The van der Waals surface area contributed by atoms with Crippen LogP contribution in [0.4, 0.5) is 0 Å². The molecule has 0 aliphatic heterocycles. The molecule has 26 heavy (non-hydrogen) atoms. The molecule has 0 radical (unpaired) electrons. The molecule has 0 spiro atoms. The molecule has 0 unspecified atom stereocenters. The minimum atomic E-state index is -0.269. The summed E-state index contributed by atoms with van der Waals surface area (Å²) >= 11 is 0. The number of aromatic hydroxyl groups is 1. The summed E-state index contributed by atoms with van der Waals surface area (Å²) in [6.45, 7) is 12.1. The molecule has 0 amide bonds. The number of fused-ring (bicyclic) bond motifs is 5. The Morgan fingerprint density at radius 2 is 2.08 bits per heavy atom. The van der Waals surface area contributed by atoms with E-state index in [9.17, 15) is 14.7 Å². The van der Waals surface area contributed by atoms with Gasteiger partial charge in [-0.2, -0.15) is 0 Å². The van der Waals surface area contributed by atoms with Gasteiger partial charge in [0, 0.05) is 29.4 Å². The molecule has 3 aliphatic carbocycles. The monoisotopic (exact) mass is 354 g/mol. The second kappa shape index (κ2) is 5.45. The van der Waals surface area contributed by atoms with Gasteiger partial charge in [-0.3, -0.25) is 9.59 Å². The van der Waals surface area contributed by atoms with Crippen LogP contribution >= 0.6 is 0 Å². The number of ether oxygens (including phenoxy) is 1. The van der Waals surface area contributed by atoms with E-state index in [4.69, 9.17) is 4.74 Å². The van der Waals surface area contributed by atoms with Crippen LogP contribution in [-0.4, -0.2) is 23.5 Å². The zero-order valence-electron chi connectivity index (χ0n) is 15.9. The van der Waals surface area contributed by atoms with E-state index >= 15 is 0 Å². The molecular formula is C22H26O4. The lowest BCUT2D eigenvalue weighted by molar-refractivity contribution is -0.142. The van der Waals surface area contributed by atoms with Crippen LogP contribution in [0.3, 0.4) is 0 Å². The van der Waals surface area contributed by atoms with Crippen molar-refractivity contribution in [3.63, 3.8) is 0 Å². The highest BCUT2D eigenvalue weighted by atomic mass is 16.5. The first-order chi connectivity index (χ1) is 12.2. The number of hydrogen-bond acceptors (Lipinski definition) is 4. The van der Waals surface area contributed by atoms with Gasteiger partial charge in [0.15, 0.2) is 5.78 Å². The summed E-state index contributed by atoms with van der Waals surface area (Å²) in [5, 5.41) is 10.8. The van der Waals surface area contributed by atoms with Crippen molar-refractivity contribution in [3.05, 3.63) is 34.4 Å². The molecule has 4 rings (SSSR count). The van der Waals surface area contributed by atoms with Gasteiger partial charge in [-0.1, -0.05) is 20.4 Å². The first-order valence-electron chi connectivity index (χ1n) is 9.42. The molecule has 0 bridgehead atoms. The highest BCUT2D eigenvalue weighted by Crippen LogP contribution is 2.70. The third-order valence-electron chi connectivity index (χ3n) is 6.93. The van der Waals surface area contributed by atoms with Crippen LogP contribution in [0.2, 0.25) is 0 Å². The fourth-order valence-corrected chi connectivity index (χ4v) is 5.41. The van der Waals surface area contributed by atoms with Gasteiger partial charge in [-0.05, 0) is 60.3 Å². The second-order valence-electron chi connectivity index (χ2n) is 8.60. The number of Topliss-reactive ketones (excluding diaryl/α,β-unsaturated/α-hetero) is 1. The molecule has 1 aromatic carbocycles. The molecule has 0 heterocycles. The van der Waals surface area contributed by atoms with E-state index in [1.807, 2.05) is 13.8 Å². The van der Waals surface area contributed by atoms with Gasteiger partial charge in [0.2, 0.25) is 0 Å². The highest BCUT2D eigenvalue weighted by Gasteiger charge is 2.64. The van der Waals surface area contributed by atoms with E-state index in [1.165, 1.54) is 6.92 Å². The van der Waals surface area contributed by atoms with Crippen molar-refractivity contribution < 1.29 is 19.4 Å². The summed E-state index contributed by atoms with van der Waals surface area (Å²) in [6, 6.07) is 0. The second-order valence-corrected chi connectivity index (χ2v) is 8.60. The van der Waals surface area contributed by atoms with Crippen LogP contribution in [0.15, 0.2) is 6.58 Å². The maximum Gasteiger partial charge on any atom is 0.302 e. The molecule has 4 nitrogen and oxygen atoms in total. The Kier molecular flexibility index (Phi) is 3.63. The third kappa shape index (κ3) is 2.14. The molecule has 3 aliphatic rings. The predicted molar refractivity (Wildman–Crippen MR) is 99.3 cm³/mol. The lowest BCUT2D eigenvalue weighted by Crippen LogP contribution is -2.15. The van der Waals surface area contributed by atoms with Crippen molar-refractivity contribution in [3.8, 4) is 5.75 Å². The summed E-state index contributed by atoms with van der Waals surface area (Å²) in [4.78, 5) is 24.2. The fourth-order valence-electron chi connectivity index (χ4n) is 5.41. The first-order valence-corrected chi connectivity index (χ1v) is 9.42. The van der Waals surface area contributed by atoms with Gasteiger partial charge in [0.1, 0.15) is 5.75 Å². The Morgan fingerprint density at radius 3 is 2.73 bits per heavy atom. The maximum absolute atomic E-state index is 12.9. The molecule has 1 N–H and O–H groups in total.